The number of sulfonamides is 1. The molecule has 0 amide bonds. The van der Waals surface area contributed by atoms with Gasteiger partial charge in [-0.25, -0.2) is 17.8 Å². The van der Waals surface area contributed by atoms with Crippen LogP contribution in [0.15, 0.2) is 47.6 Å². The predicted molar refractivity (Wildman–Crippen MR) is 108 cm³/mol. The highest BCUT2D eigenvalue weighted by Gasteiger charge is 2.30. The molecule has 0 fully saturated rings. The van der Waals surface area contributed by atoms with Gasteiger partial charge in [0.1, 0.15) is 22.6 Å². The lowest BCUT2D eigenvalue weighted by Crippen LogP contribution is -2.32. The van der Waals surface area contributed by atoms with Crippen LogP contribution in [0.3, 0.4) is 0 Å². The molecule has 3 aromatic rings. The average molecular weight is 442 g/mol. The Bertz CT molecular complexity index is 1120. The lowest BCUT2D eigenvalue weighted by atomic mass is 10.1. The quantitative estimate of drug-likeness (QED) is 0.631. The molecule has 9 heteroatoms. The van der Waals surface area contributed by atoms with Crippen LogP contribution in [-0.4, -0.2) is 18.0 Å². The first-order valence-electron chi connectivity index (χ1n) is 8.32. The Balaban J connectivity index is 2.15. The third kappa shape index (κ3) is 3.93. The second kappa shape index (κ2) is 7.83. The van der Waals surface area contributed by atoms with Crippen molar-refractivity contribution in [1.82, 2.24) is 14.3 Å². The zero-order chi connectivity index (χ0) is 20.6. The molecule has 28 heavy (non-hydrogen) atoms. The fourth-order valence-corrected chi connectivity index (χ4v) is 5.35. The molecular weight excluding hydrogens is 424 g/mol. The second-order valence-electron chi connectivity index (χ2n) is 6.45. The van der Waals surface area contributed by atoms with Crippen molar-refractivity contribution >= 4 is 33.2 Å². The maximum Gasteiger partial charge on any atom is 0.243 e. The minimum Gasteiger partial charge on any atom is -0.336 e. The molecule has 1 N–H and O–H groups in total. The van der Waals surface area contributed by atoms with E-state index in [9.17, 15) is 12.8 Å². The Hall–Kier alpha value is -1.93. The van der Waals surface area contributed by atoms with Gasteiger partial charge >= 0.3 is 0 Å². The molecule has 0 saturated heterocycles. The first kappa shape index (κ1) is 20.8. The van der Waals surface area contributed by atoms with Gasteiger partial charge < -0.3 is 4.57 Å². The van der Waals surface area contributed by atoms with Gasteiger partial charge in [-0.2, -0.15) is 4.72 Å². The van der Waals surface area contributed by atoms with Gasteiger partial charge in [0.15, 0.2) is 0 Å². The van der Waals surface area contributed by atoms with Crippen LogP contribution in [0, 0.1) is 19.7 Å². The topological polar surface area (TPSA) is 64.0 Å². The van der Waals surface area contributed by atoms with E-state index < -0.39 is 21.9 Å². The molecule has 3 rings (SSSR count). The summed E-state index contributed by atoms with van der Waals surface area (Å²) in [6.45, 7) is 3.26. The summed E-state index contributed by atoms with van der Waals surface area (Å²) in [5, 5.41) is 0.383. The number of aromatic nitrogens is 2. The lowest BCUT2D eigenvalue weighted by Gasteiger charge is -2.21. The highest BCUT2D eigenvalue weighted by atomic mass is 35.5. The van der Waals surface area contributed by atoms with Crippen LogP contribution in [0.5, 0.6) is 0 Å². The smallest absolute Gasteiger partial charge is 0.243 e. The summed E-state index contributed by atoms with van der Waals surface area (Å²) >= 11 is 12.5. The van der Waals surface area contributed by atoms with E-state index in [1.54, 1.807) is 43.8 Å². The fourth-order valence-electron chi connectivity index (χ4n) is 2.96. The summed E-state index contributed by atoms with van der Waals surface area (Å²) in [5.41, 5.74) is 1.28. The average Bonchev–Trinajstić information content (AvgIpc) is 3.04. The summed E-state index contributed by atoms with van der Waals surface area (Å²) < 4.78 is 44.6. The molecule has 2 aromatic carbocycles. The zero-order valence-corrected chi connectivity index (χ0v) is 17.7. The SMILES string of the molecule is Cc1cc(Cl)c(C)c(S(=O)(=O)NC(c2cccc(F)c2)c2nccn2C)c1Cl. The van der Waals surface area contributed by atoms with E-state index in [1.807, 2.05) is 0 Å². The van der Waals surface area contributed by atoms with E-state index in [0.717, 1.165) is 0 Å². The predicted octanol–water partition coefficient (Wildman–Crippen LogP) is 4.55. The highest BCUT2D eigenvalue weighted by molar-refractivity contribution is 7.89. The maximum absolute atomic E-state index is 13.8. The Labute approximate surface area is 173 Å². The standard InChI is InChI=1S/C19H18Cl2FN3O2S/c1-11-9-15(20)12(2)18(16(11)21)28(26,27)24-17(19-23-7-8-25(19)3)13-5-4-6-14(22)10-13/h4-10,17,24H,1-3H3. The van der Waals surface area contributed by atoms with Crippen molar-refractivity contribution in [2.75, 3.05) is 0 Å². The van der Waals surface area contributed by atoms with E-state index in [-0.39, 0.29) is 9.92 Å². The third-order valence-electron chi connectivity index (χ3n) is 4.43. The molecule has 1 unspecified atom stereocenters. The number of halogens is 3. The van der Waals surface area contributed by atoms with Gasteiger partial charge in [0.2, 0.25) is 10.0 Å². The normalized spacial score (nSPS) is 12.9. The van der Waals surface area contributed by atoms with Crippen LogP contribution in [0.4, 0.5) is 4.39 Å². The molecule has 5 nitrogen and oxygen atoms in total. The van der Waals surface area contributed by atoms with Crippen molar-refractivity contribution in [3.05, 3.63) is 81.1 Å². The molecule has 1 aromatic heterocycles. The number of aryl methyl sites for hydroxylation is 2. The molecular formula is C19H18Cl2FN3O2S. The fraction of sp³-hybridized carbons (Fsp3) is 0.211. The molecule has 0 radical (unpaired) electrons. The zero-order valence-electron chi connectivity index (χ0n) is 15.4. The van der Waals surface area contributed by atoms with Crippen LogP contribution in [0.1, 0.15) is 28.6 Å². The minimum absolute atomic E-state index is 0.0900. The minimum atomic E-state index is -4.11. The van der Waals surface area contributed by atoms with E-state index >= 15 is 0 Å². The summed E-state index contributed by atoms with van der Waals surface area (Å²) in [6, 6.07) is 6.38. The number of hydrogen-bond donors (Lipinski definition) is 1. The van der Waals surface area contributed by atoms with Gasteiger partial charge in [-0.1, -0.05) is 35.3 Å². The first-order chi connectivity index (χ1) is 13.1. The van der Waals surface area contributed by atoms with Crippen molar-refractivity contribution in [3.8, 4) is 0 Å². The van der Waals surface area contributed by atoms with Crippen molar-refractivity contribution in [1.29, 1.82) is 0 Å². The van der Waals surface area contributed by atoms with Crippen LogP contribution >= 0.6 is 23.2 Å². The number of nitrogens with one attached hydrogen (secondary N) is 1. The Kier molecular flexibility index (Phi) is 5.82. The summed E-state index contributed by atoms with van der Waals surface area (Å²) in [7, 11) is -2.38. The Morgan fingerprint density at radius 2 is 1.93 bits per heavy atom. The molecule has 0 aliphatic rings. The summed E-state index contributed by atoms with van der Waals surface area (Å²) in [6.07, 6.45) is 3.22. The number of nitrogens with zero attached hydrogens (tertiary/aromatic N) is 2. The molecule has 1 heterocycles. The van der Waals surface area contributed by atoms with Crippen molar-refractivity contribution in [3.63, 3.8) is 0 Å². The van der Waals surface area contributed by atoms with Gasteiger partial charge in [-0.3, -0.25) is 0 Å². The van der Waals surface area contributed by atoms with Crippen LogP contribution < -0.4 is 4.72 Å². The lowest BCUT2D eigenvalue weighted by molar-refractivity contribution is 0.559. The van der Waals surface area contributed by atoms with Crippen LogP contribution in [0.25, 0.3) is 0 Å². The van der Waals surface area contributed by atoms with Gasteiger partial charge in [-0.15, -0.1) is 0 Å². The molecule has 0 bridgehead atoms. The van der Waals surface area contributed by atoms with E-state index in [2.05, 4.69) is 9.71 Å². The van der Waals surface area contributed by atoms with Gasteiger partial charge in [0.05, 0.1) is 5.02 Å². The molecule has 0 aliphatic heterocycles. The number of hydrogen-bond acceptors (Lipinski definition) is 3. The van der Waals surface area contributed by atoms with Crippen molar-refractivity contribution in [2.24, 2.45) is 7.05 Å². The molecule has 0 aliphatic carbocycles. The largest absolute Gasteiger partial charge is 0.336 e. The number of benzene rings is 2. The van der Waals surface area contributed by atoms with Crippen molar-refractivity contribution in [2.45, 2.75) is 24.8 Å². The maximum atomic E-state index is 13.8. The molecule has 0 spiro atoms. The molecule has 0 saturated carbocycles. The van der Waals surface area contributed by atoms with E-state index in [0.29, 0.717) is 27.5 Å². The second-order valence-corrected chi connectivity index (χ2v) is 8.89. The van der Waals surface area contributed by atoms with Crippen molar-refractivity contribution < 1.29 is 12.8 Å². The highest BCUT2D eigenvalue weighted by Crippen LogP contribution is 2.34. The van der Waals surface area contributed by atoms with Gasteiger partial charge in [-0.05, 0) is 48.7 Å². The molecule has 148 valence electrons. The number of rotatable bonds is 5. The van der Waals surface area contributed by atoms with Crippen LogP contribution in [0.2, 0.25) is 10.0 Å². The monoisotopic (exact) mass is 441 g/mol. The number of imidazole rings is 1. The van der Waals surface area contributed by atoms with Crippen LogP contribution in [-0.2, 0) is 17.1 Å². The first-order valence-corrected chi connectivity index (χ1v) is 10.6. The summed E-state index contributed by atoms with van der Waals surface area (Å²) in [5.74, 6) is -0.0783. The Morgan fingerprint density at radius 1 is 1.21 bits per heavy atom. The third-order valence-corrected chi connectivity index (χ3v) is 7.01. The van der Waals surface area contributed by atoms with Gasteiger partial charge in [0.25, 0.3) is 0 Å². The Morgan fingerprint density at radius 3 is 2.54 bits per heavy atom. The summed E-state index contributed by atoms with van der Waals surface area (Å²) in [4.78, 5) is 4.13. The van der Waals surface area contributed by atoms with E-state index in [4.69, 9.17) is 23.2 Å². The van der Waals surface area contributed by atoms with Gasteiger partial charge in [0, 0.05) is 24.5 Å². The molecule has 1 atom stereocenters. The van der Waals surface area contributed by atoms with E-state index in [1.165, 1.54) is 24.4 Å².